The smallest absolute Gasteiger partial charge is 0.0991 e. The van der Waals surface area contributed by atoms with E-state index in [1.54, 1.807) is 0 Å². The third kappa shape index (κ3) is 6.16. The first kappa shape index (κ1) is 37.0. The van der Waals surface area contributed by atoms with Crippen molar-refractivity contribution in [2.45, 2.75) is 19.3 Å². The molecule has 1 aromatic heterocycles. The average molecular weight is 792 g/mol. The summed E-state index contributed by atoms with van der Waals surface area (Å²) < 4.78 is 0. The fraction of sp³-hybridized carbons (Fsp3) is 0.0508. The highest BCUT2D eigenvalue weighted by molar-refractivity contribution is 6.22. The fourth-order valence-corrected chi connectivity index (χ4v) is 9.73. The number of aromatic nitrogens is 1. The summed E-state index contributed by atoms with van der Waals surface area (Å²) in [5.41, 5.74) is 18.4. The molecule has 0 spiro atoms. The molecule has 0 fully saturated rings. The van der Waals surface area contributed by atoms with Crippen LogP contribution in [-0.2, 0) is 5.41 Å². The maximum absolute atomic E-state index is 9.58. The molecule has 11 rings (SSSR count). The van der Waals surface area contributed by atoms with Crippen molar-refractivity contribution in [1.29, 1.82) is 5.26 Å². The molecule has 1 aliphatic rings. The first-order chi connectivity index (χ1) is 30.5. The van der Waals surface area contributed by atoms with Gasteiger partial charge in [0.25, 0.3) is 0 Å². The summed E-state index contributed by atoms with van der Waals surface area (Å²) >= 11 is 0. The van der Waals surface area contributed by atoms with Crippen LogP contribution in [0.15, 0.2) is 213 Å². The van der Waals surface area contributed by atoms with E-state index in [4.69, 9.17) is 0 Å². The minimum atomic E-state index is -0.118. The van der Waals surface area contributed by atoms with Crippen LogP contribution in [0.5, 0.6) is 0 Å². The van der Waals surface area contributed by atoms with E-state index in [9.17, 15) is 5.26 Å². The molecule has 1 aliphatic carbocycles. The first-order valence-corrected chi connectivity index (χ1v) is 21.2. The van der Waals surface area contributed by atoms with Crippen LogP contribution in [0.4, 0.5) is 17.1 Å². The van der Waals surface area contributed by atoms with Crippen LogP contribution < -0.4 is 4.90 Å². The van der Waals surface area contributed by atoms with Crippen molar-refractivity contribution in [3.8, 4) is 61.7 Å². The van der Waals surface area contributed by atoms with Crippen molar-refractivity contribution in [2.75, 3.05) is 4.90 Å². The molecule has 62 heavy (non-hydrogen) atoms. The van der Waals surface area contributed by atoms with E-state index in [1.165, 1.54) is 66.1 Å². The van der Waals surface area contributed by atoms with Crippen LogP contribution in [0, 0.1) is 11.3 Å². The van der Waals surface area contributed by atoms with Gasteiger partial charge >= 0.3 is 0 Å². The first-order valence-electron chi connectivity index (χ1n) is 21.2. The van der Waals surface area contributed by atoms with E-state index in [2.05, 4.69) is 200 Å². The van der Waals surface area contributed by atoms with Crippen LogP contribution in [0.3, 0.4) is 0 Å². The molecule has 10 aromatic rings. The van der Waals surface area contributed by atoms with Gasteiger partial charge in [-0.1, -0.05) is 141 Å². The van der Waals surface area contributed by atoms with Crippen LogP contribution >= 0.6 is 0 Å². The molecular weight excluding hydrogens is 751 g/mol. The zero-order valence-corrected chi connectivity index (χ0v) is 34.5. The Hall–Kier alpha value is -8.06. The van der Waals surface area contributed by atoms with E-state index in [-0.39, 0.29) is 5.41 Å². The molecule has 0 bridgehead atoms. The summed E-state index contributed by atoms with van der Waals surface area (Å²) in [6.07, 6.45) is 3.78. The highest BCUT2D eigenvalue weighted by atomic mass is 15.1. The van der Waals surface area contributed by atoms with Crippen molar-refractivity contribution in [1.82, 2.24) is 4.98 Å². The second-order valence-corrected chi connectivity index (χ2v) is 16.7. The Morgan fingerprint density at radius 3 is 1.56 bits per heavy atom. The maximum Gasteiger partial charge on any atom is 0.0991 e. The fourth-order valence-electron chi connectivity index (χ4n) is 9.73. The Labute approximate surface area is 362 Å². The van der Waals surface area contributed by atoms with E-state index < -0.39 is 0 Å². The van der Waals surface area contributed by atoms with Gasteiger partial charge in [-0.15, -0.1) is 0 Å². The molecular formula is C59H41N3. The molecule has 3 heteroatoms. The average Bonchev–Trinajstić information content (AvgIpc) is 3.56. The maximum atomic E-state index is 9.58. The zero-order chi connectivity index (χ0) is 41.8. The van der Waals surface area contributed by atoms with Gasteiger partial charge in [0.05, 0.1) is 11.6 Å². The number of hydrogen-bond acceptors (Lipinski definition) is 3. The lowest BCUT2D eigenvalue weighted by Gasteiger charge is -2.26. The van der Waals surface area contributed by atoms with Crippen LogP contribution in [0.25, 0.3) is 77.2 Å². The highest BCUT2D eigenvalue weighted by Gasteiger charge is 2.35. The lowest BCUT2D eigenvalue weighted by atomic mass is 9.80. The van der Waals surface area contributed by atoms with Gasteiger partial charge in [0.15, 0.2) is 0 Å². The van der Waals surface area contributed by atoms with Crippen molar-refractivity contribution >= 4 is 38.6 Å². The van der Waals surface area contributed by atoms with Gasteiger partial charge < -0.3 is 4.90 Å². The largest absolute Gasteiger partial charge is 0.311 e. The second kappa shape index (κ2) is 14.9. The van der Waals surface area contributed by atoms with Crippen molar-refractivity contribution < 1.29 is 0 Å². The highest BCUT2D eigenvalue weighted by Crippen LogP contribution is 2.51. The number of nitrogens with zero attached hydrogens (tertiary/aromatic N) is 3. The Morgan fingerprint density at radius 2 is 0.903 bits per heavy atom. The van der Waals surface area contributed by atoms with E-state index in [1.807, 2.05) is 42.7 Å². The number of anilines is 3. The second-order valence-electron chi connectivity index (χ2n) is 16.7. The monoisotopic (exact) mass is 791 g/mol. The third-order valence-corrected chi connectivity index (χ3v) is 12.8. The standard InChI is InChI=1S/C59H41N3/c1-59(2)55-15-9-8-12-49(55)50-30-23-45(37-56(50)59)58-52-14-7-6-13-51(52)57(43-32-34-61-35-33-43)53-31-22-44(36-54(53)58)42-20-28-48(29-21-42)62(46-24-16-39(38-60)17-25-46)47-26-18-41(19-27-47)40-10-4-3-5-11-40/h3-37H,1-2H3. The topological polar surface area (TPSA) is 39.9 Å². The number of hydrogen-bond donors (Lipinski definition) is 0. The number of benzene rings is 9. The molecule has 1 heterocycles. The quantitative estimate of drug-likeness (QED) is 0.151. The molecule has 0 unspecified atom stereocenters. The number of pyridine rings is 1. The molecule has 0 saturated carbocycles. The number of fused-ring (bicyclic) bond motifs is 5. The predicted molar refractivity (Wildman–Crippen MR) is 258 cm³/mol. The summed E-state index contributed by atoms with van der Waals surface area (Å²) in [7, 11) is 0. The molecule has 0 aliphatic heterocycles. The van der Waals surface area contributed by atoms with Gasteiger partial charge in [-0.25, -0.2) is 0 Å². The minimum Gasteiger partial charge on any atom is -0.311 e. The normalized spacial score (nSPS) is 12.5. The molecule has 3 nitrogen and oxygen atoms in total. The third-order valence-electron chi connectivity index (χ3n) is 12.8. The van der Waals surface area contributed by atoms with Crippen molar-refractivity contribution in [3.05, 3.63) is 229 Å². The lowest BCUT2D eigenvalue weighted by Crippen LogP contribution is -2.14. The molecule has 0 amide bonds. The van der Waals surface area contributed by atoms with E-state index in [0.717, 1.165) is 39.3 Å². The Bertz CT molecular complexity index is 3340. The molecule has 0 radical (unpaired) electrons. The zero-order valence-electron chi connectivity index (χ0n) is 34.5. The van der Waals surface area contributed by atoms with Crippen LogP contribution in [-0.4, -0.2) is 4.98 Å². The van der Waals surface area contributed by atoms with E-state index >= 15 is 0 Å². The SMILES string of the molecule is CC1(C)c2ccccc2-c2ccc(-c3c4ccccc4c(-c4ccncc4)c4ccc(-c5ccc(N(c6ccc(C#N)cc6)c6ccc(-c7ccccc7)cc6)cc5)cc34)cc21. The van der Waals surface area contributed by atoms with E-state index in [0.29, 0.717) is 5.56 Å². The molecule has 0 N–H and O–H groups in total. The Morgan fingerprint density at radius 1 is 0.403 bits per heavy atom. The van der Waals surface area contributed by atoms with Gasteiger partial charge in [0.2, 0.25) is 0 Å². The van der Waals surface area contributed by atoms with Crippen LogP contribution in [0.2, 0.25) is 0 Å². The summed E-state index contributed by atoms with van der Waals surface area (Å²) in [6.45, 7) is 4.71. The summed E-state index contributed by atoms with van der Waals surface area (Å²) in [5, 5.41) is 14.4. The molecule has 0 saturated heterocycles. The lowest BCUT2D eigenvalue weighted by molar-refractivity contribution is 0.660. The van der Waals surface area contributed by atoms with Crippen molar-refractivity contribution in [3.63, 3.8) is 0 Å². The van der Waals surface area contributed by atoms with Crippen LogP contribution in [0.1, 0.15) is 30.5 Å². The van der Waals surface area contributed by atoms with Gasteiger partial charge in [-0.05, 0) is 161 Å². The van der Waals surface area contributed by atoms with Crippen molar-refractivity contribution in [2.24, 2.45) is 0 Å². The summed E-state index contributed by atoms with van der Waals surface area (Å²) in [6, 6.07) is 74.1. The summed E-state index contributed by atoms with van der Waals surface area (Å²) in [4.78, 5) is 6.63. The Kier molecular flexibility index (Phi) is 8.88. The molecule has 9 aromatic carbocycles. The van der Waals surface area contributed by atoms with Gasteiger partial charge in [0, 0.05) is 34.9 Å². The van der Waals surface area contributed by atoms with Gasteiger partial charge in [0.1, 0.15) is 0 Å². The number of nitriles is 1. The Balaban J connectivity index is 1.06. The minimum absolute atomic E-state index is 0.118. The van der Waals surface area contributed by atoms with Gasteiger partial charge in [-0.2, -0.15) is 5.26 Å². The van der Waals surface area contributed by atoms with Gasteiger partial charge in [-0.3, -0.25) is 4.98 Å². The molecule has 0 atom stereocenters. The summed E-state index contributed by atoms with van der Waals surface area (Å²) in [5.74, 6) is 0. The predicted octanol–water partition coefficient (Wildman–Crippen LogP) is 15.7. The molecule has 292 valence electrons. The number of rotatable bonds is 7.